The Balaban J connectivity index is 1.55. The Morgan fingerprint density at radius 2 is 1.61 bits per heavy atom. The Morgan fingerprint density at radius 1 is 0.968 bits per heavy atom. The molecule has 0 atom stereocenters. The van der Waals surface area contributed by atoms with Crippen molar-refractivity contribution < 1.29 is 26.4 Å². The monoisotopic (exact) mass is 467 g/mol. The van der Waals surface area contributed by atoms with Gasteiger partial charge in [0.15, 0.2) is 9.84 Å². The molecule has 11 heteroatoms. The minimum Gasteiger partial charge on any atom is -0.497 e. The first kappa shape index (κ1) is 23.2. The molecular weight excluding hydrogens is 442 g/mol. The second-order valence-electron chi connectivity index (χ2n) is 7.20. The minimum atomic E-state index is -3.61. The molecule has 0 unspecified atom stereocenters. The Morgan fingerprint density at radius 3 is 2.19 bits per heavy atom. The van der Waals surface area contributed by atoms with Gasteiger partial charge in [0.1, 0.15) is 5.75 Å². The molecule has 1 N–H and O–H groups in total. The Kier molecular flexibility index (Phi) is 6.99. The van der Waals surface area contributed by atoms with Gasteiger partial charge in [-0.25, -0.2) is 16.8 Å². The van der Waals surface area contributed by atoms with Crippen LogP contribution in [0.15, 0.2) is 58.3 Å². The molecule has 0 aliphatic carbocycles. The number of nitrogens with zero attached hydrogens (tertiary/aromatic N) is 2. The molecular formula is C20H25N3O6S2. The van der Waals surface area contributed by atoms with E-state index in [2.05, 4.69) is 5.32 Å². The standard InChI is InChI=1S/C20H25N3O6S2/c1-29-17-6-8-18(9-7-17)31(27,28)23-12-10-22(11-13-23)15-20(24)21-16-4-3-5-19(14-16)30(2,25)26/h3-9,14H,10-13,15H2,1-2H3,(H,21,24). The maximum absolute atomic E-state index is 12.8. The van der Waals surface area contributed by atoms with Crippen LogP contribution in [0, 0.1) is 0 Å². The van der Waals surface area contributed by atoms with Gasteiger partial charge in [-0.15, -0.1) is 0 Å². The Labute approximate surface area is 182 Å². The molecule has 1 heterocycles. The van der Waals surface area contributed by atoms with Crippen molar-refractivity contribution in [1.29, 1.82) is 0 Å². The second-order valence-corrected chi connectivity index (χ2v) is 11.2. The van der Waals surface area contributed by atoms with Gasteiger partial charge in [0.25, 0.3) is 0 Å². The lowest BCUT2D eigenvalue weighted by Crippen LogP contribution is -2.50. The minimum absolute atomic E-state index is 0.0829. The van der Waals surface area contributed by atoms with Crippen LogP contribution in [0.1, 0.15) is 0 Å². The molecule has 0 radical (unpaired) electrons. The number of anilines is 1. The summed E-state index contributed by atoms with van der Waals surface area (Å²) in [6.45, 7) is 1.44. The number of carbonyl (C=O) groups excluding carboxylic acids is 1. The fourth-order valence-electron chi connectivity index (χ4n) is 3.23. The predicted octanol–water partition coefficient (Wildman–Crippen LogP) is 1.04. The molecule has 0 saturated carbocycles. The highest BCUT2D eigenvalue weighted by atomic mass is 32.2. The van der Waals surface area contributed by atoms with Crippen LogP contribution in [-0.4, -0.2) is 78.0 Å². The summed E-state index contributed by atoms with van der Waals surface area (Å²) in [6, 6.07) is 12.3. The van der Waals surface area contributed by atoms with Gasteiger partial charge in [-0.2, -0.15) is 4.31 Å². The van der Waals surface area contributed by atoms with E-state index in [1.807, 2.05) is 4.90 Å². The van der Waals surface area contributed by atoms with Crippen molar-refractivity contribution in [3.8, 4) is 5.75 Å². The molecule has 0 spiro atoms. The van der Waals surface area contributed by atoms with Crippen LogP contribution in [0.4, 0.5) is 5.69 Å². The van der Waals surface area contributed by atoms with E-state index >= 15 is 0 Å². The number of sulfone groups is 1. The molecule has 1 aliphatic heterocycles. The van der Waals surface area contributed by atoms with Crippen molar-refractivity contribution in [2.75, 3.05) is 51.4 Å². The van der Waals surface area contributed by atoms with Gasteiger partial charge in [0.05, 0.1) is 23.4 Å². The summed E-state index contributed by atoms with van der Waals surface area (Å²) in [5.74, 6) is 0.286. The summed E-state index contributed by atoms with van der Waals surface area (Å²) in [5, 5.41) is 2.69. The van der Waals surface area contributed by atoms with Gasteiger partial charge in [-0.3, -0.25) is 9.69 Å². The third kappa shape index (κ3) is 5.82. The van der Waals surface area contributed by atoms with E-state index < -0.39 is 19.9 Å². The van der Waals surface area contributed by atoms with Crippen LogP contribution in [0.3, 0.4) is 0 Å². The molecule has 0 aromatic heterocycles. The Bertz CT molecular complexity index is 1140. The number of ether oxygens (including phenoxy) is 1. The smallest absolute Gasteiger partial charge is 0.243 e. The lowest BCUT2D eigenvalue weighted by atomic mass is 10.3. The quantitative estimate of drug-likeness (QED) is 0.647. The number of carbonyl (C=O) groups is 1. The largest absolute Gasteiger partial charge is 0.497 e. The van der Waals surface area contributed by atoms with Crippen molar-refractivity contribution in [1.82, 2.24) is 9.21 Å². The molecule has 2 aromatic carbocycles. The molecule has 168 valence electrons. The fraction of sp³-hybridized carbons (Fsp3) is 0.350. The van der Waals surface area contributed by atoms with Crippen LogP contribution < -0.4 is 10.1 Å². The lowest BCUT2D eigenvalue weighted by Gasteiger charge is -2.33. The number of hydrogen-bond donors (Lipinski definition) is 1. The zero-order valence-electron chi connectivity index (χ0n) is 17.3. The van der Waals surface area contributed by atoms with E-state index in [0.29, 0.717) is 24.5 Å². The van der Waals surface area contributed by atoms with Gasteiger partial charge in [0.2, 0.25) is 15.9 Å². The SMILES string of the molecule is COc1ccc(S(=O)(=O)N2CCN(CC(=O)Nc3cccc(S(C)(=O)=O)c3)CC2)cc1. The first-order chi connectivity index (χ1) is 14.6. The van der Waals surface area contributed by atoms with Crippen molar-refractivity contribution >= 4 is 31.5 Å². The number of amides is 1. The van der Waals surface area contributed by atoms with Crippen molar-refractivity contribution in [2.45, 2.75) is 9.79 Å². The van der Waals surface area contributed by atoms with E-state index in [1.165, 1.54) is 35.7 Å². The first-order valence-corrected chi connectivity index (χ1v) is 12.9. The van der Waals surface area contributed by atoms with Crippen molar-refractivity contribution in [3.05, 3.63) is 48.5 Å². The molecule has 3 rings (SSSR count). The van der Waals surface area contributed by atoms with Gasteiger partial charge in [0, 0.05) is 38.1 Å². The summed E-state index contributed by atoms with van der Waals surface area (Å²) in [7, 11) is -5.46. The topological polar surface area (TPSA) is 113 Å². The molecule has 0 bridgehead atoms. The Hall–Kier alpha value is -2.47. The number of rotatable bonds is 7. The van der Waals surface area contributed by atoms with Crippen LogP contribution in [0.2, 0.25) is 0 Å². The summed E-state index contributed by atoms with van der Waals surface area (Å²) in [4.78, 5) is 14.5. The highest BCUT2D eigenvalue weighted by Gasteiger charge is 2.29. The van der Waals surface area contributed by atoms with Gasteiger partial charge >= 0.3 is 0 Å². The summed E-state index contributed by atoms with van der Waals surface area (Å²) in [5.41, 5.74) is 0.397. The molecule has 31 heavy (non-hydrogen) atoms. The van der Waals surface area contributed by atoms with Gasteiger partial charge in [-0.1, -0.05) is 6.07 Å². The summed E-state index contributed by atoms with van der Waals surface area (Å²) >= 11 is 0. The maximum Gasteiger partial charge on any atom is 0.243 e. The highest BCUT2D eigenvalue weighted by Crippen LogP contribution is 2.21. The number of methoxy groups -OCH3 is 1. The summed E-state index contributed by atoms with van der Waals surface area (Å²) in [6.07, 6.45) is 1.10. The lowest BCUT2D eigenvalue weighted by molar-refractivity contribution is -0.117. The van der Waals surface area contributed by atoms with E-state index in [1.54, 1.807) is 24.3 Å². The molecule has 1 aliphatic rings. The summed E-state index contributed by atoms with van der Waals surface area (Å²) < 4.78 is 55.4. The number of hydrogen-bond acceptors (Lipinski definition) is 7. The van der Waals surface area contributed by atoms with Gasteiger partial charge in [-0.05, 0) is 42.5 Å². The van der Waals surface area contributed by atoms with E-state index in [4.69, 9.17) is 4.74 Å². The normalized spacial score (nSPS) is 16.1. The van der Waals surface area contributed by atoms with Crippen molar-refractivity contribution in [2.24, 2.45) is 0 Å². The van der Waals surface area contributed by atoms with Gasteiger partial charge < -0.3 is 10.1 Å². The van der Waals surface area contributed by atoms with Crippen LogP contribution in [0.25, 0.3) is 0 Å². The number of benzene rings is 2. The highest BCUT2D eigenvalue weighted by molar-refractivity contribution is 7.90. The van der Waals surface area contributed by atoms with Crippen LogP contribution in [-0.2, 0) is 24.7 Å². The fourth-order valence-corrected chi connectivity index (χ4v) is 5.32. The third-order valence-corrected chi connectivity index (χ3v) is 7.96. The third-order valence-electron chi connectivity index (χ3n) is 4.94. The zero-order chi connectivity index (χ0) is 22.6. The average molecular weight is 468 g/mol. The molecule has 1 fully saturated rings. The van der Waals surface area contributed by atoms with Crippen LogP contribution >= 0.6 is 0 Å². The molecule has 9 nitrogen and oxygen atoms in total. The van der Waals surface area contributed by atoms with E-state index in [-0.39, 0.29) is 35.3 Å². The number of piperazine rings is 1. The maximum atomic E-state index is 12.8. The molecule has 2 aromatic rings. The second kappa shape index (κ2) is 9.35. The van der Waals surface area contributed by atoms with E-state index in [0.717, 1.165) is 6.26 Å². The van der Waals surface area contributed by atoms with Crippen molar-refractivity contribution in [3.63, 3.8) is 0 Å². The zero-order valence-corrected chi connectivity index (χ0v) is 18.9. The first-order valence-electron chi connectivity index (χ1n) is 9.56. The molecule has 1 saturated heterocycles. The number of sulfonamides is 1. The number of nitrogens with one attached hydrogen (secondary N) is 1. The van der Waals surface area contributed by atoms with E-state index in [9.17, 15) is 21.6 Å². The van der Waals surface area contributed by atoms with Crippen LogP contribution in [0.5, 0.6) is 5.75 Å². The molecule has 1 amide bonds. The average Bonchev–Trinajstić information content (AvgIpc) is 2.73. The predicted molar refractivity (Wildman–Crippen MR) is 116 cm³/mol.